The molecule has 1 saturated heterocycles. The minimum absolute atomic E-state index is 0.170. The van der Waals surface area contributed by atoms with Crippen LogP contribution < -0.4 is 0 Å². The van der Waals surface area contributed by atoms with E-state index in [0.29, 0.717) is 19.6 Å². The number of thiazole rings is 1. The molecule has 120 valence electrons. The zero-order chi connectivity index (χ0) is 15.6. The molecular weight excluding hydrogens is 310 g/mol. The van der Waals surface area contributed by atoms with E-state index in [4.69, 9.17) is 4.74 Å². The summed E-state index contributed by atoms with van der Waals surface area (Å²) in [7, 11) is 0. The van der Waals surface area contributed by atoms with Crippen molar-refractivity contribution in [2.75, 3.05) is 13.2 Å². The van der Waals surface area contributed by atoms with Gasteiger partial charge in [0.1, 0.15) is 5.01 Å². The lowest BCUT2D eigenvalue weighted by molar-refractivity contribution is -0.143. The zero-order valence-electron chi connectivity index (χ0n) is 12.9. The SMILES string of the molecule is O=C(Cc1csc(-c2ccccn2)n1)N1CCO[C@H]2CCC[C@@H]21. The average Bonchev–Trinajstić information content (AvgIpc) is 3.24. The normalized spacial score (nSPS) is 23.7. The fourth-order valence-corrected chi connectivity index (χ4v) is 4.28. The summed E-state index contributed by atoms with van der Waals surface area (Å²) in [5, 5.41) is 2.84. The van der Waals surface area contributed by atoms with Gasteiger partial charge in [-0.3, -0.25) is 9.78 Å². The lowest BCUT2D eigenvalue weighted by Crippen LogP contribution is -2.51. The molecule has 23 heavy (non-hydrogen) atoms. The van der Waals surface area contributed by atoms with Gasteiger partial charge in [-0.1, -0.05) is 6.07 Å². The fraction of sp³-hybridized carbons (Fsp3) is 0.471. The zero-order valence-corrected chi connectivity index (χ0v) is 13.7. The van der Waals surface area contributed by atoms with Crippen LogP contribution in [0.5, 0.6) is 0 Å². The molecule has 3 heterocycles. The molecule has 2 aliphatic rings. The van der Waals surface area contributed by atoms with Crippen molar-refractivity contribution in [1.82, 2.24) is 14.9 Å². The van der Waals surface area contributed by atoms with Crippen LogP contribution in [0, 0.1) is 0 Å². The Labute approximate surface area is 139 Å². The molecule has 4 rings (SSSR count). The first-order valence-electron chi connectivity index (χ1n) is 8.08. The summed E-state index contributed by atoms with van der Waals surface area (Å²) in [5.74, 6) is 0.170. The first-order chi connectivity index (χ1) is 11.3. The van der Waals surface area contributed by atoms with Gasteiger partial charge < -0.3 is 9.64 Å². The number of ether oxygens (including phenoxy) is 1. The molecule has 0 aromatic carbocycles. The molecule has 1 aliphatic carbocycles. The number of nitrogens with zero attached hydrogens (tertiary/aromatic N) is 3. The summed E-state index contributed by atoms with van der Waals surface area (Å²) in [4.78, 5) is 23.6. The lowest BCUT2D eigenvalue weighted by atomic mass is 10.1. The van der Waals surface area contributed by atoms with Gasteiger partial charge in [-0.05, 0) is 31.4 Å². The Balaban J connectivity index is 1.46. The van der Waals surface area contributed by atoms with E-state index in [0.717, 1.165) is 35.7 Å². The third-order valence-electron chi connectivity index (χ3n) is 4.57. The van der Waals surface area contributed by atoms with Crippen molar-refractivity contribution in [3.05, 3.63) is 35.5 Å². The average molecular weight is 329 g/mol. The molecule has 1 aliphatic heterocycles. The van der Waals surface area contributed by atoms with Gasteiger partial charge in [0.2, 0.25) is 5.91 Å². The Kier molecular flexibility index (Phi) is 4.10. The van der Waals surface area contributed by atoms with E-state index in [1.54, 1.807) is 17.5 Å². The maximum absolute atomic E-state index is 12.7. The van der Waals surface area contributed by atoms with Crippen molar-refractivity contribution in [2.45, 2.75) is 37.8 Å². The third-order valence-corrected chi connectivity index (χ3v) is 5.48. The molecule has 6 heteroatoms. The second-order valence-electron chi connectivity index (χ2n) is 6.03. The number of hydrogen-bond donors (Lipinski definition) is 0. The van der Waals surface area contributed by atoms with Gasteiger partial charge in [0.25, 0.3) is 0 Å². The molecule has 0 unspecified atom stereocenters. The lowest BCUT2D eigenvalue weighted by Gasteiger charge is -2.37. The summed E-state index contributed by atoms with van der Waals surface area (Å²) in [6.45, 7) is 1.36. The second-order valence-corrected chi connectivity index (χ2v) is 6.89. The molecule has 5 nitrogen and oxygen atoms in total. The van der Waals surface area contributed by atoms with Crippen molar-refractivity contribution < 1.29 is 9.53 Å². The van der Waals surface area contributed by atoms with E-state index < -0.39 is 0 Å². The number of hydrogen-bond acceptors (Lipinski definition) is 5. The van der Waals surface area contributed by atoms with Crippen molar-refractivity contribution in [3.8, 4) is 10.7 Å². The van der Waals surface area contributed by atoms with Gasteiger partial charge in [-0.2, -0.15) is 0 Å². The van der Waals surface area contributed by atoms with Gasteiger partial charge in [0, 0.05) is 18.1 Å². The number of pyridine rings is 1. The molecule has 0 spiro atoms. The quantitative estimate of drug-likeness (QED) is 0.868. The predicted molar refractivity (Wildman–Crippen MR) is 88.1 cm³/mol. The summed E-state index contributed by atoms with van der Waals surface area (Å²) >= 11 is 1.54. The van der Waals surface area contributed by atoms with Crippen molar-refractivity contribution >= 4 is 17.2 Å². The highest BCUT2D eigenvalue weighted by Gasteiger charge is 2.38. The van der Waals surface area contributed by atoms with E-state index in [1.165, 1.54) is 0 Å². The highest BCUT2D eigenvalue weighted by molar-refractivity contribution is 7.13. The summed E-state index contributed by atoms with van der Waals surface area (Å²) < 4.78 is 5.78. The number of aromatic nitrogens is 2. The van der Waals surface area contributed by atoms with Crippen LogP contribution >= 0.6 is 11.3 Å². The molecule has 1 amide bonds. The molecule has 2 aromatic rings. The van der Waals surface area contributed by atoms with Crippen LogP contribution in [-0.4, -0.2) is 46.1 Å². The Morgan fingerprint density at radius 3 is 3.22 bits per heavy atom. The van der Waals surface area contributed by atoms with Crippen LogP contribution in [0.1, 0.15) is 25.0 Å². The van der Waals surface area contributed by atoms with E-state index in [1.807, 2.05) is 28.5 Å². The summed E-state index contributed by atoms with van der Waals surface area (Å²) in [6.07, 6.45) is 5.66. The Morgan fingerprint density at radius 2 is 2.35 bits per heavy atom. The monoisotopic (exact) mass is 329 g/mol. The Morgan fingerprint density at radius 1 is 1.39 bits per heavy atom. The maximum atomic E-state index is 12.7. The summed E-state index contributed by atoms with van der Waals surface area (Å²) in [5.41, 5.74) is 1.69. The van der Waals surface area contributed by atoms with Crippen LogP contribution in [0.4, 0.5) is 0 Å². The van der Waals surface area contributed by atoms with E-state index in [2.05, 4.69) is 9.97 Å². The predicted octanol–water partition coefficient (Wildman–Crippen LogP) is 2.53. The molecule has 2 fully saturated rings. The number of fused-ring (bicyclic) bond motifs is 1. The minimum Gasteiger partial charge on any atom is -0.374 e. The van der Waals surface area contributed by atoms with Crippen molar-refractivity contribution in [3.63, 3.8) is 0 Å². The smallest absolute Gasteiger partial charge is 0.229 e. The van der Waals surface area contributed by atoms with E-state index in [-0.39, 0.29) is 18.1 Å². The highest BCUT2D eigenvalue weighted by atomic mass is 32.1. The molecule has 2 atom stereocenters. The molecule has 0 radical (unpaired) electrons. The maximum Gasteiger partial charge on any atom is 0.229 e. The number of carbonyl (C=O) groups is 1. The molecule has 1 saturated carbocycles. The van der Waals surface area contributed by atoms with Gasteiger partial charge in [-0.25, -0.2) is 4.98 Å². The second kappa shape index (κ2) is 6.37. The number of morpholine rings is 1. The van der Waals surface area contributed by atoms with Gasteiger partial charge in [0.15, 0.2) is 0 Å². The van der Waals surface area contributed by atoms with Crippen LogP contribution in [-0.2, 0) is 16.0 Å². The van der Waals surface area contributed by atoms with Crippen LogP contribution in [0.25, 0.3) is 10.7 Å². The highest BCUT2D eigenvalue weighted by Crippen LogP contribution is 2.30. The molecule has 0 N–H and O–H groups in total. The first-order valence-corrected chi connectivity index (χ1v) is 8.96. The standard InChI is InChI=1S/C17H19N3O2S/c21-16(20-8-9-22-15-6-3-5-14(15)20)10-12-11-23-17(19-12)13-4-1-2-7-18-13/h1-2,4,7,11,14-15H,3,5-6,8-10H2/t14-,15-/m0/s1. The Hall–Kier alpha value is -1.79. The van der Waals surface area contributed by atoms with Gasteiger partial charge in [0.05, 0.1) is 36.6 Å². The van der Waals surface area contributed by atoms with Crippen molar-refractivity contribution in [1.29, 1.82) is 0 Å². The van der Waals surface area contributed by atoms with E-state index >= 15 is 0 Å². The van der Waals surface area contributed by atoms with Gasteiger partial charge in [-0.15, -0.1) is 11.3 Å². The largest absolute Gasteiger partial charge is 0.374 e. The topological polar surface area (TPSA) is 55.3 Å². The van der Waals surface area contributed by atoms with Gasteiger partial charge >= 0.3 is 0 Å². The number of amides is 1. The molecule has 0 bridgehead atoms. The van der Waals surface area contributed by atoms with Crippen molar-refractivity contribution in [2.24, 2.45) is 0 Å². The van der Waals surface area contributed by atoms with Crippen LogP contribution in [0.15, 0.2) is 29.8 Å². The first kappa shape index (κ1) is 14.8. The van der Waals surface area contributed by atoms with E-state index in [9.17, 15) is 4.79 Å². The number of rotatable bonds is 3. The molecular formula is C17H19N3O2S. The summed E-state index contributed by atoms with van der Waals surface area (Å²) in [6, 6.07) is 6.04. The molecule has 2 aromatic heterocycles. The van der Waals surface area contributed by atoms with Crippen LogP contribution in [0.3, 0.4) is 0 Å². The Bertz CT molecular complexity index is 688. The fourth-order valence-electron chi connectivity index (χ4n) is 3.49. The minimum atomic E-state index is 0.170. The number of carbonyl (C=O) groups excluding carboxylic acids is 1. The third kappa shape index (κ3) is 3.01. The van der Waals surface area contributed by atoms with Crippen LogP contribution in [0.2, 0.25) is 0 Å².